The lowest BCUT2D eigenvalue weighted by atomic mass is 10.2. The van der Waals surface area contributed by atoms with E-state index in [0.717, 1.165) is 50.5 Å². The fourth-order valence-corrected chi connectivity index (χ4v) is 2.51. The molecule has 1 aromatic carbocycles. The highest BCUT2D eigenvalue weighted by molar-refractivity contribution is 5.76. The summed E-state index contributed by atoms with van der Waals surface area (Å²) in [6.07, 6.45) is 2.35. The smallest absolute Gasteiger partial charge is 0.224 e. The number of benzene rings is 1. The zero-order valence-corrected chi connectivity index (χ0v) is 12.8. The molecule has 21 heavy (non-hydrogen) atoms. The van der Waals surface area contributed by atoms with Crippen molar-refractivity contribution in [2.24, 2.45) is 5.73 Å². The number of anilines is 1. The second-order valence-corrected chi connectivity index (χ2v) is 5.36. The van der Waals surface area contributed by atoms with E-state index in [1.165, 1.54) is 0 Å². The first-order valence-electron chi connectivity index (χ1n) is 7.63. The van der Waals surface area contributed by atoms with Crippen LogP contribution in [-0.4, -0.2) is 50.6 Å². The Morgan fingerprint density at radius 2 is 2.24 bits per heavy atom. The summed E-state index contributed by atoms with van der Waals surface area (Å²) in [4.78, 5) is 16.1. The van der Waals surface area contributed by atoms with Crippen molar-refractivity contribution in [3.63, 3.8) is 0 Å². The summed E-state index contributed by atoms with van der Waals surface area (Å²) < 4.78 is 5.74. The van der Waals surface area contributed by atoms with E-state index in [9.17, 15) is 4.79 Å². The van der Waals surface area contributed by atoms with Crippen LogP contribution in [0.15, 0.2) is 24.3 Å². The van der Waals surface area contributed by atoms with E-state index in [0.29, 0.717) is 13.0 Å². The Labute approximate surface area is 126 Å². The number of nitrogens with zero attached hydrogens (tertiary/aromatic N) is 2. The Hall–Kier alpha value is -1.75. The number of nitrogens with two attached hydrogens (primary N) is 1. The minimum Gasteiger partial charge on any atom is -0.491 e. The molecule has 0 saturated heterocycles. The minimum atomic E-state index is 0.172. The molecule has 5 heteroatoms. The molecule has 0 unspecified atom stereocenters. The van der Waals surface area contributed by atoms with Crippen molar-refractivity contribution in [2.75, 3.05) is 44.7 Å². The summed E-state index contributed by atoms with van der Waals surface area (Å²) in [6.45, 7) is 3.74. The molecular formula is C16H25N3O2. The van der Waals surface area contributed by atoms with Gasteiger partial charge < -0.3 is 20.3 Å². The van der Waals surface area contributed by atoms with Crippen molar-refractivity contribution in [1.82, 2.24) is 4.90 Å². The van der Waals surface area contributed by atoms with Crippen LogP contribution in [0.2, 0.25) is 0 Å². The third kappa shape index (κ3) is 4.36. The second-order valence-electron chi connectivity index (χ2n) is 5.36. The zero-order chi connectivity index (χ0) is 15.1. The Morgan fingerprint density at radius 1 is 1.43 bits per heavy atom. The molecule has 1 amide bonds. The number of para-hydroxylation sites is 2. The molecule has 0 saturated carbocycles. The van der Waals surface area contributed by atoms with Crippen molar-refractivity contribution in [3.05, 3.63) is 24.3 Å². The predicted octanol–water partition coefficient (Wildman–Crippen LogP) is 1.47. The highest BCUT2D eigenvalue weighted by atomic mass is 16.5. The maximum atomic E-state index is 12.1. The first kappa shape index (κ1) is 15.6. The van der Waals surface area contributed by atoms with Crippen LogP contribution in [0.1, 0.15) is 19.3 Å². The maximum absolute atomic E-state index is 12.1. The van der Waals surface area contributed by atoms with E-state index in [4.69, 9.17) is 10.5 Å². The molecule has 1 aliphatic rings. The van der Waals surface area contributed by atoms with Crippen LogP contribution in [0, 0.1) is 0 Å². The van der Waals surface area contributed by atoms with Gasteiger partial charge in [0.1, 0.15) is 5.75 Å². The Morgan fingerprint density at radius 3 is 3.05 bits per heavy atom. The first-order chi connectivity index (χ1) is 10.2. The van der Waals surface area contributed by atoms with E-state index in [1.54, 1.807) is 4.90 Å². The van der Waals surface area contributed by atoms with Gasteiger partial charge in [-0.25, -0.2) is 0 Å². The van der Waals surface area contributed by atoms with Crippen molar-refractivity contribution < 1.29 is 9.53 Å². The van der Waals surface area contributed by atoms with Gasteiger partial charge in [0, 0.05) is 33.1 Å². The standard InChI is InChI=1S/C16H25N3O2/c1-18(10-4-9-17)16(20)8-12-19-11-5-13-21-15-7-3-2-6-14(15)19/h2-3,6-7H,4-5,8-13,17H2,1H3. The van der Waals surface area contributed by atoms with Crippen LogP contribution in [0.3, 0.4) is 0 Å². The van der Waals surface area contributed by atoms with Crippen molar-refractivity contribution in [3.8, 4) is 5.75 Å². The summed E-state index contributed by atoms with van der Waals surface area (Å²) in [7, 11) is 1.84. The summed E-state index contributed by atoms with van der Waals surface area (Å²) >= 11 is 0. The fourth-order valence-electron chi connectivity index (χ4n) is 2.51. The van der Waals surface area contributed by atoms with Crippen LogP contribution in [0.4, 0.5) is 5.69 Å². The fraction of sp³-hybridized carbons (Fsp3) is 0.562. The Bertz CT molecular complexity index is 465. The molecule has 1 aromatic rings. The topological polar surface area (TPSA) is 58.8 Å². The lowest BCUT2D eigenvalue weighted by molar-refractivity contribution is -0.129. The highest BCUT2D eigenvalue weighted by Crippen LogP contribution is 2.30. The SMILES string of the molecule is CN(CCCN)C(=O)CCN1CCCOc2ccccc21. The van der Waals surface area contributed by atoms with Gasteiger partial charge in [0.05, 0.1) is 12.3 Å². The largest absolute Gasteiger partial charge is 0.491 e. The van der Waals surface area contributed by atoms with Gasteiger partial charge in [-0.15, -0.1) is 0 Å². The van der Waals surface area contributed by atoms with Gasteiger partial charge in [0.2, 0.25) is 5.91 Å². The van der Waals surface area contributed by atoms with Gasteiger partial charge in [-0.3, -0.25) is 4.79 Å². The molecule has 0 fully saturated rings. The number of hydrogen-bond acceptors (Lipinski definition) is 4. The lowest BCUT2D eigenvalue weighted by Gasteiger charge is -2.25. The monoisotopic (exact) mass is 291 g/mol. The summed E-state index contributed by atoms with van der Waals surface area (Å²) in [5, 5.41) is 0. The molecule has 0 aromatic heterocycles. The lowest BCUT2D eigenvalue weighted by Crippen LogP contribution is -2.33. The van der Waals surface area contributed by atoms with E-state index in [2.05, 4.69) is 11.0 Å². The van der Waals surface area contributed by atoms with Crippen LogP contribution in [-0.2, 0) is 4.79 Å². The molecule has 1 heterocycles. The normalized spacial score (nSPS) is 14.1. The van der Waals surface area contributed by atoms with Crippen molar-refractivity contribution in [1.29, 1.82) is 0 Å². The number of hydrogen-bond donors (Lipinski definition) is 1. The van der Waals surface area contributed by atoms with Crippen LogP contribution in [0.25, 0.3) is 0 Å². The van der Waals surface area contributed by atoms with Crippen LogP contribution in [0.5, 0.6) is 5.75 Å². The summed E-state index contributed by atoms with van der Waals surface area (Å²) in [6, 6.07) is 8.04. The van der Waals surface area contributed by atoms with Crippen molar-refractivity contribution >= 4 is 11.6 Å². The quantitative estimate of drug-likeness (QED) is 0.862. The minimum absolute atomic E-state index is 0.172. The zero-order valence-electron chi connectivity index (χ0n) is 12.8. The molecule has 0 atom stereocenters. The van der Waals surface area contributed by atoms with E-state index in [-0.39, 0.29) is 5.91 Å². The van der Waals surface area contributed by atoms with Gasteiger partial charge in [0.15, 0.2) is 0 Å². The maximum Gasteiger partial charge on any atom is 0.224 e. The summed E-state index contributed by atoms with van der Waals surface area (Å²) in [5.41, 5.74) is 6.57. The molecule has 5 nitrogen and oxygen atoms in total. The number of amides is 1. The molecule has 0 bridgehead atoms. The van der Waals surface area contributed by atoms with Crippen LogP contribution >= 0.6 is 0 Å². The molecule has 0 radical (unpaired) electrons. The molecule has 116 valence electrons. The van der Waals surface area contributed by atoms with Gasteiger partial charge >= 0.3 is 0 Å². The molecule has 1 aliphatic heterocycles. The third-order valence-electron chi connectivity index (χ3n) is 3.75. The van der Waals surface area contributed by atoms with Crippen molar-refractivity contribution in [2.45, 2.75) is 19.3 Å². The second kappa shape index (κ2) is 7.88. The number of carbonyl (C=O) groups is 1. The molecule has 2 N–H and O–H groups in total. The number of ether oxygens (including phenoxy) is 1. The van der Waals surface area contributed by atoms with Gasteiger partial charge in [-0.2, -0.15) is 0 Å². The number of rotatable bonds is 6. The number of fused-ring (bicyclic) bond motifs is 1. The van der Waals surface area contributed by atoms with Crippen LogP contribution < -0.4 is 15.4 Å². The highest BCUT2D eigenvalue weighted by Gasteiger charge is 2.17. The van der Waals surface area contributed by atoms with Gasteiger partial charge in [0.25, 0.3) is 0 Å². The average molecular weight is 291 g/mol. The molecule has 2 rings (SSSR count). The predicted molar refractivity (Wildman–Crippen MR) is 84.7 cm³/mol. The molecule has 0 spiro atoms. The first-order valence-corrected chi connectivity index (χ1v) is 7.63. The Kier molecular flexibility index (Phi) is 5.87. The Balaban J connectivity index is 1.92. The average Bonchev–Trinajstić information content (AvgIpc) is 2.72. The molecular weight excluding hydrogens is 266 g/mol. The van der Waals surface area contributed by atoms with E-state index < -0.39 is 0 Å². The molecule has 0 aliphatic carbocycles. The third-order valence-corrected chi connectivity index (χ3v) is 3.75. The van der Waals surface area contributed by atoms with E-state index in [1.807, 2.05) is 25.2 Å². The number of carbonyl (C=O) groups excluding carboxylic acids is 1. The van der Waals surface area contributed by atoms with Gasteiger partial charge in [-0.05, 0) is 31.5 Å². The summed E-state index contributed by atoms with van der Waals surface area (Å²) in [5.74, 6) is 1.09. The van der Waals surface area contributed by atoms with E-state index >= 15 is 0 Å². The van der Waals surface area contributed by atoms with Gasteiger partial charge in [-0.1, -0.05) is 12.1 Å².